The van der Waals surface area contributed by atoms with Crippen LogP contribution in [0.5, 0.6) is 0 Å². The summed E-state index contributed by atoms with van der Waals surface area (Å²) in [7, 11) is -1.10. The van der Waals surface area contributed by atoms with E-state index in [1.165, 1.54) is 6.26 Å². The molecule has 0 aliphatic rings. The molecule has 1 aromatic rings. The minimum Gasteiger partial charge on any atom is -0.384 e. The average Bonchev–Trinajstić information content (AvgIpc) is 2.26. The molecule has 5 nitrogen and oxygen atoms in total. The second-order valence-electron chi connectivity index (χ2n) is 4.44. The molecule has 100 valence electrons. The summed E-state index contributed by atoms with van der Waals surface area (Å²) in [5, 5.41) is 7.49. The molecule has 1 rings (SSSR count). The highest BCUT2D eigenvalue weighted by atomic mass is 32.2. The van der Waals surface area contributed by atoms with E-state index in [1.54, 1.807) is 6.07 Å². The number of nitrogens with one attached hydrogen (secondary N) is 1. The van der Waals surface area contributed by atoms with Crippen molar-refractivity contribution in [1.29, 1.82) is 5.41 Å². The van der Waals surface area contributed by atoms with Crippen LogP contribution >= 0.6 is 0 Å². The Morgan fingerprint density at radius 2 is 2.00 bits per heavy atom. The summed E-state index contributed by atoms with van der Waals surface area (Å²) in [5.74, 6) is 0.160. The third-order valence-electron chi connectivity index (χ3n) is 2.59. The molecule has 6 heteroatoms. The lowest BCUT2D eigenvalue weighted by Gasteiger charge is -2.18. The van der Waals surface area contributed by atoms with Gasteiger partial charge in [-0.2, -0.15) is 0 Å². The first-order valence-electron chi connectivity index (χ1n) is 5.58. The minimum atomic E-state index is -2.95. The van der Waals surface area contributed by atoms with E-state index in [0.717, 1.165) is 5.56 Å². The van der Waals surface area contributed by atoms with Crippen LogP contribution in [0.25, 0.3) is 0 Å². The third-order valence-corrected chi connectivity index (χ3v) is 3.52. The molecule has 0 aliphatic carbocycles. The number of hydrogen-bond donors (Lipinski definition) is 2. The normalized spacial score (nSPS) is 11.7. The first-order valence-corrected chi connectivity index (χ1v) is 7.64. The molecular weight excluding hydrogens is 250 g/mol. The van der Waals surface area contributed by atoms with Gasteiger partial charge in [0.05, 0.1) is 5.75 Å². The predicted octanol–water partition coefficient (Wildman–Crippen LogP) is 0.447. The van der Waals surface area contributed by atoms with Crippen molar-refractivity contribution in [3.8, 4) is 0 Å². The van der Waals surface area contributed by atoms with Crippen LogP contribution in [0.1, 0.15) is 11.1 Å². The highest BCUT2D eigenvalue weighted by Gasteiger charge is 2.09. The van der Waals surface area contributed by atoms with Crippen molar-refractivity contribution in [3.05, 3.63) is 35.4 Å². The van der Waals surface area contributed by atoms with Gasteiger partial charge < -0.3 is 10.6 Å². The van der Waals surface area contributed by atoms with Crippen molar-refractivity contribution < 1.29 is 8.42 Å². The van der Waals surface area contributed by atoms with Gasteiger partial charge in [0, 0.05) is 24.9 Å². The van der Waals surface area contributed by atoms with Crippen LogP contribution in [-0.4, -0.2) is 44.8 Å². The van der Waals surface area contributed by atoms with Crippen LogP contribution in [0.4, 0.5) is 0 Å². The number of sulfone groups is 1. The van der Waals surface area contributed by atoms with Crippen LogP contribution in [0.15, 0.2) is 24.3 Å². The van der Waals surface area contributed by atoms with E-state index in [-0.39, 0.29) is 11.6 Å². The maximum absolute atomic E-state index is 11.1. The minimum absolute atomic E-state index is 0.0297. The monoisotopic (exact) mass is 269 g/mol. The molecule has 0 atom stereocenters. The second kappa shape index (κ2) is 5.97. The summed E-state index contributed by atoms with van der Waals surface area (Å²) in [6.07, 6.45) is 1.23. The number of rotatable bonds is 6. The first kappa shape index (κ1) is 14.7. The summed E-state index contributed by atoms with van der Waals surface area (Å²) in [4.78, 5) is 1.91. The molecular formula is C12H19N3O2S. The number of amidine groups is 1. The van der Waals surface area contributed by atoms with Crippen LogP contribution < -0.4 is 5.73 Å². The Morgan fingerprint density at radius 1 is 1.39 bits per heavy atom. The highest BCUT2D eigenvalue weighted by Crippen LogP contribution is 2.10. The van der Waals surface area contributed by atoms with Gasteiger partial charge >= 0.3 is 0 Å². The van der Waals surface area contributed by atoms with Gasteiger partial charge in [0.25, 0.3) is 0 Å². The molecule has 0 aromatic heterocycles. The smallest absolute Gasteiger partial charge is 0.148 e. The van der Waals surface area contributed by atoms with Crippen molar-refractivity contribution in [2.75, 3.05) is 25.6 Å². The van der Waals surface area contributed by atoms with Crippen molar-refractivity contribution in [1.82, 2.24) is 4.90 Å². The van der Waals surface area contributed by atoms with Gasteiger partial charge in [0.2, 0.25) is 0 Å². The van der Waals surface area contributed by atoms with Crippen molar-refractivity contribution in [2.24, 2.45) is 5.73 Å². The maximum atomic E-state index is 11.1. The molecule has 0 fully saturated rings. The van der Waals surface area contributed by atoms with E-state index < -0.39 is 9.84 Å². The van der Waals surface area contributed by atoms with E-state index in [0.29, 0.717) is 18.7 Å². The summed E-state index contributed by atoms with van der Waals surface area (Å²) in [6.45, 7) is 1.04. The molecule has 0 heterocycles. The zero-order valence-corrected chi connectivity index (χ0v) is 11.5. The van der Waals surface area contributed by atoms with Crippen molar-refractivity contribution >= 4 is 15.7 Å². The van der Waals surface area contributed by atoms with E-state index >= 15 is 0 Å². The molecule has 0 spiro atoms. The fourth-order valence-corrected chi connectivity index (χ4v) is 2.26. The topological polar surface area (TPSA) is 87.2 Å². The molecule has 1 aromatic carbocycles. The fraction of sp³-hybridized carbons (Fsp3) is 0.417. The van der Waals surface area contributed by atoms with Crippen LogP contribution in [0, 0.1) is 5.41 Å². The Morgan fingerprint density at radius 3 is 2.56 bits per heavy atom. The molecule has 3 N–H and O–H groups in total. The molecule has 0 bridgehead atoms. The summed E-state index contributed by atoms with van der Waals surface area (Å²) < 4.78 is 22.2. The Balaban J connectivity index is 2.70. The maximum Gasteiger partial charge on any atom is 0.148 e. The number of hydrogen-bond acceptors (Lipinski definition) is 4. The third kappa shape index (κ3) is 4.85. The molecule has 0 unspecified atom stereocenters. The van der Waals surface area contributed by atoms with Gasteiger partial charge in [-0.25, -0.2) is 8.42 Å². The lowest BCUT2D eigenvalue weighted by molar-refractivity contribution is 0.346. The number of benzene rings is 1. The van der Waals surface area contributed by atoms with E-state index in [1.807, 2.05) is 30.1 Å². The second-order valence-corrected chi connectivity index (χ2v) is 6.70. The predicted molar refractivity (Wildman–Crippen MR) is 73.5 cm³/mol. The Hall–Kier alpha value is -1.40. The van der Waals surface area contributed by atoms with E-state index in [9.17, 15) is 8.42 Å². The molecule has 18 heavy (non-hydrogen) atoms. The Labute approximate surface area is 108 Å². The highest BCUT2D eigenvalue weighted by molar-refractivity contribution is 7.90. The number of nitrogens with zero attached hydrogens (tertiary/aromatic N) is 1. The van der Waals surface area contributed by atoms with Crippen LogP contribution in [-0.2, 0) is 16.4 Å². The Kier molecular flexibility index (Phi) is 4.86. The van der Waals surface area contributed by atoms with Crippen molar-refractivity contribution in [2.45, 2.75) is 6.54 Å². The zero-order valence-electron chi connectivity index (χ0n) is 10.7. The van der Waals surface area contributed by atoms with Gasteiger partial charge in [0.1, 0.15) is 15.7 Å². The zero-order chi connectivity index (χ0) is 13.8. The van der Waals surface area contributed by atoms with Gasteiger partial charge in [-0.05, 0) is 12.6 Å². The van der Waals surface area contributed by atoms with Gasteiger partial charge in [-0.15, -0.1) is 0 Å². The van der Waals surface area contributed by atoms with Crippen LogP contribution in [0.2, 0.25) is 0 Å². The molecule has 0 amide bonds. The van der Waals surface area contributed by atoms with Gasteiger partial charge in [-0.1, -0.05) is 24.3 Å². The van der Waals surface area contributed by atoms with Gasteiger partial charge in [-0.3, -0.25) is 5.41 Å². The lowest BCUT2D eigenvalue weighted by atomic mass is 10.1. The van der Waals surface area contributed by atoms with E-state index in [4.69, 9.17) is 11.1 Å². The molecule has 0 aliphatic heterocycles. The van der Waals surface area contributed by atoms with Gasteiger partial charge in [0.15, 0.2) is 0 Å². The fourth-order valence-electron chi connectivity index (χ4n) is 1.61. The SMILES string of the molecule is CN(CCS(C)(=O)=O)Cc1ccccc1C(=N)N. The summed E-state index contributed by atoms with van der Waals surface area (Å²) in [5.41, 5.74) is 7.13. The number of nitrogen functional groups attached to an aromatic ring is 1. The summed E-state index contributed by atoms with van der Waals surface area (Å²) in [6, 6.07) is 7.40. The molecule has 0 saturated carbocycles. The summed E-state index contributed by atoms with van der Waals surface area (Å²) >= 11 is 0. The largest absolute Gasteiger partial charge is 0.384 e. The van der Waals surface area contributed by atoms with Crippen molar-refractivity contribution in [3.63, 3.8) is 0 Å². The first-order chi connectivity index (χ1) is 8.29. The lowest BCUT2D eigenvalue weighted by Crippen LogP contribution is -2.26. The Bertz CT molecular complexity index is 526. The quantitative estimate of drug-likeness (QED) is 0.580. The average molecular weight is 269 g/mol. The van der Waals surface area contributed by atoms with Crippen LogP contribution in [0.3, 0.4) is 0 Å². The molecule has 0 saturated heterocycles. The number of nitrogens with two attached hydrogens (primary N) is 1. The standard InChI is InChI=1S/C12H19N3O2S/c1-15(7-8-18(2,16)17)9-10-5-3-4-6-11(10)12(13)14/h3-6H,7-9H2,1-2H3,(H3,13,14). The molecule has 0 radical (unpaired) electrons. The van der Waals surface area contributed by atoms with E-state index in [2.05, 4.69) is 0 Å².